The number of hydrogen-bond donors (Lipinski definition) is 1. The number of carboxylic acid groups (broad SMARTS) is 1. The predicted molar refractivity (Wildman–Crippen MR) is 76.8 cm³/mol. The molecule has 0 radical (unpaired) electrons. The lowest BCUT2D eigenvalue weighted by Crippen LogP contribution is -1.96. The highest BCUT2D eigenvalue weighted by molar-refractivity contribution is 7.07. The fourth-order valence-electron chi connectivity index (χ4n) is 1.50. The molecular formula is C14H11ClO3S. The molecule has 1 N–H and O–H groups in total. The van der Waals surface area contributed by atoms with Gasteiger partial charge in [-0.2, -0.15) is 11.3 Å². The van der Waals surface area contributed by atoms with Crippen molar-refractivity contribution in [1.82, 2.24) is 0 Å². The molecule has 19 heavy (non-hydrogen) atoms. The van der Waals surface area contributed by atoms with Crippen molar-refractivity contribution >= 4 is 35.0 Å². The number of ether oxygens (including phenoxy) is 1. The molecule has 0 saturated carbocycles. The van der Waals surface area contributed by atoms with Crippen molar-refractivity contribution in [3.8, 4) is 5.75 Å². The van der Waals surface area contributed by atoms with Crippen molar-refractivity contribution < 1.29 is 14.6 Å². The minimum absolute atomic E-state index is 0.428. The van der Waals surface area contributed by atoms with Crippen LogP contribution in [0, 0.1) is 0 Å². The molecule has 0 amide bonds. The minimum atomic E-state index is -1.02. The first-order valence-electron chi connectivity index (χ1n) is 5.50. The van der Waals surface area contributed by atoms with E-state index in [1.165, 1.54) is 6.08 Å². The first-order chi connectivity index (χ1) is 9.16. The van der Waals surface area contributed by atoms with Gasteiger partial charge in [-0.15, -0.1) is 0 Å². The van der Waals surface area contributed by atoms with E-state index in [0.29, 0.717) is 22.9 Å². The van der Waals surface area contributed by atoms with E-state index in [4.69, 9.17) is 21.4 Å². The zero-order valence-electron chi connectivity index (χ0n) is 9.88. The van der Waals surface area contributed by atoms with Gasteiger partial charge in [0.2, 0.25) is 0 Å². The van der Waals surface area contributed by atoms with Crippen LogP contribution < -0.4 is 4.74 Å². The summed E-state index contributed by atoms with van der Waals surface area (Å²) in [6.07, 6.45) is 2.48. The van der Waals surface area contributed by atoms with Crippen molar-refractivity contribution in [3.05, 3.63) is 57.3 Å². The van der Waals surface area contributed by atoms with E-state index >= 15 is 0 Å². The molecular weight excluding hydrogens is 284 g/mol. The maximum atomic E-state index is 10.6. The number of thiophene rings is 1. The molecule has 0 saturated heterocycles. The first-order valence-corrected chi connectivity index (χ1v) is 6.82. The summed E-state index contributed by atoms with van der Waals surface area (Å²) in [5, 5.41) is 13.1. The van der Waals surface area contributed by atoms with E-state index in [2.05, 4.69) is 0 Å². The van der Waals surface area contributed by atoms with Crippen molar-refractivity contribution in [2.45, 2.75) is 6.61 Å². The molecule has 0 atom stereocenters. The van der Waals surface area contributed by atoms with Crippen molar-refractivity contribution in [2.75, 3.05) is 0 Å². The predicted octanol–water partition coefficient (Wildman–Crippen LogP) is 4.08. The SMILES string of the molecule is O=C(O)/C=C/c1c(Cl)cccc1OCc1ccsc1. The summed E-state index contributed by atoms with van der Waals surface area (Å²) in [6, 6.07) is 7.20. The van der Waals surface area contributed by atoms with Crippen LogP contribution in [0.3, 0.4) is 0 Å². The zero-order valence-corrected chi connectivity index (χ0v) is 11.4. The molecule has 0 unspecified atom stereocenters. The molecule has 98 valence electrons. The summed E-state index contributed by atoms with van der Waals surface area (Å²) < 4.78 is 5.67. The Kier molecular flexibility index (Phi) is 4.60. The van der Waals surface area contributed by atoms with Crippen molar-refractivity contribution in [2.24, 2.45) is 0 Å². The van der Waals surface area contributed by atoms with Crippen molar-refractivity contribution in [3.63, 3.8) is 0 Å². The third kappa shape index (κ3) is 3.84. The van der Waals surface area contributed by atoms with Gasteiger partial charge in [0.15, 0.2) is 0 Å². The summed E-state index contributed by atoms with van der Waals surface area (Å²) in [5.74, 6) is -0.458. The third-order valence-electron chi connectivity index (χ3n) is 2.38. The molecule has 0 spiro atoms. The van der Waals surface area contributed by atoms with E-state index in [9.17, 15) is 4.79 Å². The Labute approximate surface area is 119 Å². The first kappa shape index (κ1) is 13.6. The molecule has 1 heterocycles. The van der Waals surface area contributed by atoms with Crippen LogP contribution in [0.1, 0.15) is 11.1 Å². The number of halogens is 1. The van der Waals surface area contributed by atoms with Crippen LogP contribution in [0.5, 0.6) is 5.75 Å². The van der Waals surface area contributed by atoms with Crippen molar-refractivity contribution in [1.29, 1.82) is 0 Å². The topological polar surface area (TPSA) is 46.5 Å². The summed E-state index contributed by atoms with van der Waals surface area (Å²) >= 11 is 7.65. The van der Waals surface area contributed by atoms with Gasteiger partial charge in [-0.05, 0) is 40.6 Å². The molecule has 1 aromatic carbocycles. The highest BCUT2D eigenvalue weighted by atomic mass is 35.5. The molecule has 0 fully saturated rings. The van der Waals surface area contributed by atoms with Gasteiger partial charge >= 0.3 is 5.97 Å². The Hall–Kier alpha value is -1.78. The van der Waals surface area contributed by atoms with E-state index in [1.807, 2.05) is 16.8 Å². The summed E-state index contributed by atoms with van der Waals surface area (Å²) in [7, 11) is 0. The lowest BCUT2D eigenvalue weighted by molar-refractivity contribution is -0.131. The minimum Gasteiger partial charge on any atom is -0.488 e. The standard InChI is InChI=1S/C14H11ClO3S/c15-12-2-1-3-13(11(12)4-5-14(16)17)18-8-10-6-7-19-9-10/h1-7,9H,8H2,(H,16,17)/b5-4+. The van der Waals surface area contributed by atoms with Crippen LogP contribution in [-0.2, 0) is 11.4 Å². The van der Waals surface area contributed by atoms with Crippen LogP contribution in [0.4, 0.5) is 0 Å². The van der Waals surface area contributed by atoms with Crippen LogP contribution in [0.15, 0.2) is 41.1 Å². The van der Waals surface area contributed by atoms with Crippen LogP contribution in [-0.4, -0.2) is 11.1 Å². The average molecular weight is 295 g/mol. The zero-order chi connectivity index (χ0) is 13.7. The number of rotatable bonds is 5. The summed E-state index contributed by atoms with van der Waals surface area (Å²) in [5.41, 5.74) is 1.64. The molecule has 0 aliphatic carbocycles. The number of hydrogen-bond acceptors (Lipinski definition) is 3. The van der Waals surface area contributed by atoms with E-state index < -0.39 is 5.97 Å². The average Bonchev–Trinajstić information content (AvgIpc) is 2.88. The quantitative estimate of drug-likeness (QED) is 0.845. The second kappa shape index (κ2) is 6.41. The monoisotopic (exact) mass is 294 g/mol. The van der Waals surface area contributed by atoms with Gasteiger partial charge < -0.3 is 9.84 Å². The Bertz CT molecular complexity index is 591. The van der Waals surface area contributed by atoms with Gasteiger partial charge in [0, 0.05) is 11.6 Å². The molecule has 2 rings (SSSR count). The van der Waals surface area contributed by atoms with Gasteiger partial charge in [-0.25, -0.2) is 4.79 Å². The Balaban J connectivity index is 2.19. The normalized spacial score (nSPS) is 10.8. The number of aliphatic carboxylic acids is 1. The Morgan fingerprint density at radius 3 is 2.95 bits per heavy atom. The molecule has 3 nitrogen and oxygen atoms in total. The fourth-order valence-corrected chi connectivity index (χ4v) is 2.38. The summed E-state index contributed by atoms with van der Waals surface area (Å²) in [4.78, 5) is 10.6. The smallest absolute Gasteiger partial charge is 0.328 e. The molecule has 0 bridgehead atoms. The van der Waals surface area contributed by atoms with Crippen LogP contribution in [0.2, 0.25) is 5.02 Å². The molecule has 1 aromatic heterocycles. The lowest BCUT2D eigenvalue weighted by atomic mass is 10.2. The van der Waals surface area contributed by atoms with Crippen LogP contribution in [0.25, 0.3) is 6.08 Å². The number of benzene rings is 1. The highest BCUT2D eigenvalue weighted by Crippen LogP contribution is 2.28. The molecule has 5 heteroatoms. The van der Waals surface area contributed by atoms with Gasteiger partial charge in [-0.3, -0.25) is 0 Å². The van der Waals surface area contributed by atoms with Gasteiger partial charge in [0.05, 0.1) is 5.02 Å². The van der Waals surface area contributed by atoms with E-state index in [0.717, 1.165) is 11.6 Å². The second-order valence-electron chi connectivity index (χ2n) is 3.74. The third-order valence-corrected chi connectivity index (χ3v) is 3.44. The van der Waals surface area contributed by atoms with Gasteiger partial charge in [0.1, 0.15) is 12.4 Å². The summed E-state index contributed by atoms with van der Waals surface area (Å²) in [6.45, 7) is 0.428. The second-order valence-corrected chi connectivity index (χ2v) is 4.93. The van der Waals surface area contributed by atoms with E-state index in [-0.39, 0.29) is 0 Å². The molecule has 2 aromatic rings. The number of carbonyl (C=O) groups is 1. The van der Waals surface area contributed by atoms with E-state index in [1.54, 1.807) is 29.5 Å². The van der Waals surface area contributed by atoms with Gasteiger partial charge in [-0.1, -0.05) is 17.7 Å². The maximum absolute atomic E-state index is 10.6. The molecule has 0 aliphatic rings. The number of carboxylic acids is 1. The largest absolute Gasteiger partial charge is 0.488 e. The highest BCUT2D eigenvalue weighted by Gasteiger charge is 2.06. The van der Waals surface area contributed by atoms with Gasteiger partial charge in [0.25, 0.3) is 0 Å². The Morgan fingerprint density at radius 1 is 1.42 bits per heavy atom. The maximum Gasteiger partial charge on any atom is 0.328 e. The fraction of sp³-hybridized carbons (Fsp3) is 0.0714. The van der Waals surface area contributed by atoms with Crippen LogP contribution >= 0.6 is 22.9 Å². The molecule has 0 aliphatic heterocycles. The Morgan fingerprint density at radius 2 is 2.26 bits per heavy atom. The lowest BCUT2D eigenvalue weighted by Gasteiger charge is -2.09.